The predicted octanol–water partition coefficient (Wildman–Crippen LogP) is 4.98. The van der Waals surface area contributed by atoms with Crippen LogP contribution in [0.15, 0.2) is 0 Å². The third-order valence-electron chi connectivity index (χ3n) is 10.1. The van der Waals surface area contributed by atoms with Crippen molar-refractivity contribution in [1.29, 1.82) is 0 Å². The molecule has 4 aliphatic carbocycles. The summed E-state index contributed by atoms with van der Waals surface area (Å²) in [6, 6.07) is 0. The molecule has 0 aliphatic heterocycles. The summed E-state index contributed by atoms with van der Waals surface area (Å²) in [5.74, 6) is 3.55. The molecule has 4 aliphatic rings. The molecule has 0 radical (unpaired) electrons. The van der Waals surface area contributed by atoms with Crippen molar-refractivity contribution in [2.75, 3.05) is 7.11 Å². The first kappa shape index (κ1) is 21.1. The van der Waals surface area contributed by atoms with Gasteiger partial charge in [-0.15, -0.1) is 0 Å². The molecule has 162 valence electrons. The summed E-state index contributed by atoms with van der Waals surface area (Å²) in [7, 11) is 1.44. The molecule has 4 nitrogen and oxygen atoms in total. The highest BCUT2D eigenvalue weighted by molar-refractivity contribution is 5.87. The Morgan fingerprint density at radius 2 is 1.86 bits per heavy atom. The second-order valence-corrected chi connectivity index (χ2v) is 11.1. The van der Waals surface area contributed by atoms with Gasteiger partial charge in [0, 0.05) is 31.1 Å². The average molecular weight is 403 g/mol. The molecule has 0 saturated heterocycles. The quantitative estimate of drug-likeness (QED) is 0.622. The van der Waals surface area contributed by atoms with E-state index in [4.69, 9.17) is 4.74 Å². The number of esters is 1. The molecule has 29 heavy (non-hydrogen) atoms. The maximum absolute atomic E-state index is 13.7. The van der Waals surface area contributed by atoms with E-state index in [1.807, 2.05) is 0 Å². The molecule has 0 bridgehead atoms. The van der Waals surface area contributed by atoms with Gasteiger partial charge < -0.3 is 4.74 Å². The normalized spacial score (nSPS) is 45.2. The van der Waals surface area contributed by atoms with Gasteiger partial charge in [-0.25, -0.2) is 0 Å². The van der Waals surface area contributed by atoms with Gasteiger partial charge in [0.25, 0.3) is 0 Å². The van der Waals surface area contributed by atoms with Crippen molar-refractivity contribution in [3.8, 4) is 0 Å². The van der Waals surface area contributed by atoms with Crippen LogP contribution < -0.4 is 0 Å². The van der Waals surface area contributed by atoms with Gasteiger partial charge >= 0.3 is 5.97 Å². The van der Waals surface area contributed by atoms with E-state index in [0.717, 1.165) is 38.5 Å². The molecule has 4 saturated carbocycles. The Morgan fingerprint density at radius 3 is 2.59 bits per heavy atom. The van der Waals surface area contributed by atoms with E-state index in [1.54, 1.807) is 0 Å². The molecule has 0 N–H and O–H groups in total. The van der Waals surface area contributed by atoms with E-state index in [-0.39, 0.29) is 16.8 Å². The maximum Gasteiger partial charge on any atom is 0.305 e. The largest absolute Gasteiger partial charge is 0.469 e. The third-order valence-corrected chi connectivity index (χ3v) is 10.1. The van der Waals surface area contributed by atoms with Gasteiger partial charge in [0.2, 0.25) is 0 Å². The zero-order chi connectivity index (χ0) is 21.0. The van der Waals surface area contributed by atoms with Crippen LogP contribution in [-0.2, 0) is 19.1 Å². The maximum atomic E-state index is 13.7. The SMILES string of the molecule is COC(=O)CC[C@@H](C)C1CC[C@H]2[C@@H]3CC[C@@H]4CC(=O)CC[C@]4(C)[C@H]3CC(=O)[C@]12C. The van der Waals surface area contributed by atoms with Crippen molar-refractivity contribution >= 4 is 17.5 Å². The Labute approximate surface area is 175 Å². The molecule has 0 aromatic heterocycles. The molecular weight excluding hydrogens is 364 g/mol. The van der Waals surface area contributed by atoms with Crippen molar-refractivity contribution in [3.63, 3.8) is 0 Å². The van der Waals surface area contributed by atoms with Crippen molar-refractivity contribution < 1.29 is 19.1 Å². The van der Waals surface area contributed by atoms with Gasteiger partial charge in [-0.2, -0.15) is 0 Å². The number of hydrogen-bond acceptors (Lipinski definition) is 4. The predicted molar refractivity (Wildman–Crippen MR) is 111 cm³/mol. The van der Waals surface area contributed by atoms with Crippen LogP contribution in [-0.4, -0.2) is 24.6 Å². The number of fused-ring (bicyclic) bond motifs is 5. The Kier molecular flexibility index (Phi) is 5.44. The van der Waals surface area contributed by atoms with E-state index in [9.17, 15) is 14.4 Å². The van der Waals surface area contributed by atoms with Gasteiger partial charge in [0.1, 0.15) is 11.6 Å². The standard InChI is InChI=1S/C25H38O4/c1-15(5-10-23(28)29-4)19-8-9-20-18-7-6-16-13-17(26)11-12-24(16,2)21(18)14-22(27)25(19,20)3/h15-16,18-21H,5-14H2,1-4H3/t15-,16-,18+,19?,20+,21+,24+,25-/m1/s1. The highest BCUT2D eigenvalue weighted by atomic mass is 16.5. The summed E-state index contributed by atoms with van der Waals surface area (Å²) in [6.45, 7) is 6.87. The highest BCUT2D eigenvalue weighted by Crippen LogP contribution is 2.67. The van der Waals surface area contributed by atoms with Gasteiger partial charge in [0.05, 0.1) is 7.11 Å². The number of ether oxygens (including phenoxy) is 1. The molecule has 1 unspecified atom stereocenters. The lowest BCUT2D eigenvalue weighted by Crippen LogP contribution is -2.57. The number of methoxy groups -OCH3 is 1. The molecule has 0 heterocycles. The fraction of sp³-hybridized carbons (Fsp3) is 0.880. The summed E-state index contributed by atoms with van der Waals surface area (Å²) in [5, 5.41) is 0. The van der Waals surface area contributed by atoms with Crippen LogP contribution in [0.2, 0.25) is 0 Å². The lowest BCUT2D eigenvalue weighted by molar-refractivity contribution is -0.159. The van der Waals surface area contributed by atoms with Crippen molar-refractivity contribution in [2.45, 2.75) is 85.0 Å². The highest BCUT2D eigenvalue weighted by Gasteiger charge is 2.63. The van der Waals surface area contributed by atoms with Crippen molar-refractivity contribution in [2.24, 2.45) is 46.3 Å². The molecule has 0 spiro atoms. The number of Topliss-reactive ketones (excluding diaryl/α,β-unsaturated/α-hetero) is 2. The molecule has 0 amide bonds. The van der Waals surface area contributed by atoms with Crippen LogP contribution in [0.4, 0.5) is 0 Å². The lowest BCUT2D eigenvalue weighted by atomic mass is 9.44. The van der Waals surface area contributed by atoms with E-state index in [1.165, 1.54) is 13.5 Å². The number of ketones is 2. The number of carbonyl (C=O) groups is 3. The van der Waals surface area contributed by atoms with Crippen LogP contribution in [0.25, 0.3) is 0 Å². The van der Waals surface area contributed by atoms with Gasteiger partial charge in [-0.3, -0.25) is 14.4 Å². The molecule has 4 heteroatoms. The Balaban J connectivity index is 1.55. The van der Waals surface area contributed by atoms with Crippen LogP contribution in [0.3, 0.4) is 0 Å². The zero-order valence-electron chi connectivity index (χ0n) is 18.7. The topological polar surface area (TPSA) is 60.4 Å². The van der Waals surface area contributed by atoms with Gasteiger partial charge in [-0.1, -0.05) is 20.8 Å². The third kappa shape index (κ3) is 3.20. The minimum Gasteiger partial charge on any atom is -0.469 e. The molecule has 8 atom stereocenters. The summed E-state index contributed by atoms with van der Waals surface area (Å²) in [4.78, 5) is 37.4. The van der Waals surface area contributed by atoms with E-state index < -0.39 is 0 Å². The van der Waals surface area contributed by atoms with Crippen molar-refractivity contribution in [3.05, 3.63) is 0 Å². The van der Waals surface area contributed by atoms with Crippen LogP contribution in [0.5, 0.6) is 0 Å². The lowest BCUT2D eigenvalue weighted by Gasteiger charge is -2.59. The Bertz CT molecular complexity index is 699. The molecule has 0 aromatic carbocycles. The molecule has 4 rings (SSSR count). The molecular formula is C25H38O4. The van der Waals surface area contributed by atoms with Crippen LogP contribution >= 0.6 is 0 Å². The Morgan fingerprint density at radius 1 is 1.10 bits per heavy atom. The minimum absolute atomic E-state index is 0.148. The van der Waals surface area contributed by atoms with Crippen LogP contribution in [0, 0.1) is 46.3 Å². The fourth-order valence-corrected chi connectivity index (χ4v) is 8.34. The monoisotopic (exact) mass is 402 g/mol. The van der Waals surface area contributed by atoms with E-state index in [2.05, 4.69) is 20.8 Å². The Hall–Kier alpha value is -1.19. The van der Waals surface area contributed by atoms with Crippen molar-refractivity contribution in [1.82, 2.24) is 0 Å². The smallest absolute Gasteiger partial charge is 0.305 e. The second kappa shape index (κ2) is 7.50. The average Bonchev–Trinajstić information content (AvgIpc) is 3.06. The number of carbonyl (C=O) groups excluding carboxylic acids is 3. The first-order chi connectivity index (χ1) is 13.7. The number of hydrogen-bond donors (Lipinski definition) is 0. The minimum atomic E-state index is -0.232. The molecule has 0 aromatic rings. The molecule has 4 fully saturated rings. The summed E-state index contributed by atoms with van der Waals surface area (Å²) < 4.78 is 4.83. The number of rotatable bonds is 4. The second-order valence-electron chi connectivity index (χ2n) is 11.1. The first-order valence-corrected chi connectivity index (χ1v) is 11.8. The summed E-state index contributed by atoms with van der Waals surface area (Å²) in [6.07, 6.45) is 9.00. The summed E-state index contributed by atoms with van der Waals surface area (Å²) >= 11 is 0. The van der Waals surface area contributed by atoms with Gasteiger partial charge in [0.15, 0.2) is 0 Å². The van der Waals surface area contributed by atoms with E-state index in [0.29, 0.717) is 66.3 Å². The fourth-order valence-electron chi connectivity index (χ4n) is 8.34. The van der Waals surface area contributed by atoms with Crippen LogP contribution in [0.1, 0.15) is 85.0 Å². The zero-order valence-corrected chi connectivity index (χ0v) is 18.7. The van der Waals surface area contributed by atoms with Gasteiger partial charge in [-0.05, 0) is 79.4 Å². The van der Waals surface area contributed by atoms with E-state index >= 15 is 0 Å². The first-order valence-electron chi connectivity index (χ1n) is 11.8. The summed E-state index contributed by atoms with van der Waals surface area (Å²) in [5.41, 5.74) is -0.0627.